The zero-order valence-corrected chi connectivity index (χ0v) is 18.2. The molecule has 0 radical (unpaired) electrons. The zero-order chi connectivity index (χ0) is 21.0. The first-order valence-corrected chi connectivity index (χ1v) is 11.0. The number of hydrogen-bond donors (Lipinski definition) is 1. The Balaban J connectivity index is 1.76. The van der Waals surface area contributed by atoms with E-state index >= 15 is 0 Å². The molecule has 0 aliphatic rings. The summed E-state index contributed by atoms with van der Waals surface area (Å²) in [5, 5.41) is 5.27. The Morgan fingerprint density at radius 2 is 1.86 bits per heavy atom. The second-order valence-electron chi connectivity index (χ2n) is 5.93. The Bertz CT molecular complexity index is 1120. The maximum atomic E-state index is 12.5. The summed E-state index contributed by atoms with van der Waals surface area (Å²) in [5.74, 6) is 0.325. The molecular weight excluding hydrogens is 434 g/mol. The van der Waals surface area contributed by atoms with E-state index in [1.165, 1.54) is 48.8 Å². The van der Waals surface area contributed by atoms with Crippen LogP contribution in [0.5, 0.6) is 11.5 Å². The highest BCUT2D eigenvalue weighted by molar-refractivity contribution is 7.87. The van der Waals surface area contributed by atoms with E-state index in [0.717, 1.165) is 10.6 Å². The van der Waals surface area contributed by atoms with E-state index in [1.54, 1.807) is 18.3 Å². The van der Waals surface area contributed by atoms with Crippen LogP contribution in [0.2, 0.25) is 5.02 Å². The molecule has 1 aromatic heterocycles. The quantitative estimate of drug-likeness (QED) is 0.320. The second-order valence-corrected chi connectivity index (χ2v) is 9.12. The summed E-state index contributed by atoms with van der Waals surface area (Å²) >= 11 is 7.31. The molecule has 0 aliphatic heterocycles. The minimum Gasteiger partial charge on any atom is -0.493 e. The van der Waals surface area contributed by atoms with E-state index in [1.807, 2.05) is 13.8 Å². The third-order valence-corrected chi connectivity index (χ3v) is 6.37. The minimum absolute atomic E-state index is 0.00664. The second kappa shape index (κ2) is 8.81. The number of rotatable bonds is 7. The molecule has 0 unspecified atom stereocenters. The number of ether oxygens (including phenoxy) is 1. The first kappa shape index (κ1) is 21.1. The average Bonchev–Trinajstić information content (AvgIpc) is 3.00. The summed E-state index contributed by atoms with van der Waals surface area (Å²) in [6.45, 7) is 3.92. The fourth-order valence-corrected chi connectivity index (χ4v) is 4.11. The summed E-state index contributed by atoms with van der Waals surface area (Å²) in [6, 6.07) is 10.5. The van der Waals surface area contributed by atoms with Crippen molar-refractivity contribution >= 4 is 44.4 Å². The Morgan fingerprint density at radius 3 is 2.48 bits per heavy atom. The fourth-order valence-electron chi connectivity index (χ4n) is 2.28. The van der Waals surface area contributed by atoms with Crippen molar-refractivity contribution in [3.05, 3.63) is 63.6 Å². The number of nitrogens with zero attached hydrogens (tertiary/aromatic N) is 2. The molecule has 0 fully saturated rings. The van der Waals surface area contributed by atoms with Crippen LogP contribution in [-0.2, 0) is 10.1 Å². The van der Waals surface area contributed by atoms with Crippen molar-refractivity contribution in [2.45, 2.75) is 18.7 Å². The molecule has 10 heteroatoms. The molecule has 1 heterocycles. The number of halogens is 1. The molecule has 0 atom stereocenters. The van der Waals surface area contributed by atoms with E-state index < -0.39 is 10.1 Å². The molecule has 2 aromatic carbocycles. The lowest BCUT2D eigenvalue weighted by Crippen LogP contribution is -2.10. The molecule has 0 bridgehead atoms. The van der Waals surface area contributed by atoms with Gasteiger partial charge in [-0.2, -0.15) is 13.5 Å². The van der Waals surface area contributed by atoms with Gasteiger partial charge in [0.15, 0.2) is 11.5 Å². The van der Waals surface area contributed by atoms with Gasteiger partial charge in [0, 0.05) is 9.90 Å². The number of thiazole rings is 1. The minimum atomic E-state index is -4.02. The lowest BCUT2D eigenvalue weighted by molar-refractivity contribution is 0.390. The SMILES string of the molecule is COc1cc(/C=N\Nc2nc(C)c(C)s2)ccc1OS(=O)(=O)c1ccc(Cl)cc1. The van der Waals surface area contributed by atoms with Crippen LogP contribution in [0, 0.1) is 13.8 Å². The number of hydrazone groups is 1. The summed E-state index contributed by atoms with van der Waals surface area (Å²) in [6.07, 6.45) is 1.58. The van der Waals surface area contributed by atoms with Crippen molar-refractivity contribution in [2.24, 2.45) is 5.10 Å². The van der Waals surface area contributed by atoms with Gasteiger partial charge in [-0.25, -0.2) is 4.98 Å². The molecule has 3 rings (SSSR count). The molecule has 7 nitrogen and oxygen atoms in total. The summed E-state index contributed by atoms with van der Waals surface area (Å²) in [4.78, 5) is 5.45. The molecule has 0 spiro atoms. The van der Waals surface area contributed by atoms with Crippen molar-refractivity contribution < 1.29 is 17.3 Å². The van der Waals surface area contributed by atoms with Crippen LogP contribution in [0.25, 0.3) is 0 Å². The van der Waals surface area contributed by atoms with E-state index in [0.29, 0.717) is 15.7 Å². The van der Waals surface area contributed by atoms with Crippen molar-refractivity contribution in [2.75, 3.05) is 12.5 Å². The van der Waals surface area contributed by atoms with Crippen molar-refractivity contribution in [3.8, 4) is 11.5 Å². The first-order chi connectivity index (χ1) is 13.8. The molecule has 1 N–H and O–H groups in total. The molecule has 29 heavy (non-hydrogen) atoms. The summed E-state index contributed by atoms with van der Waals surface area (Å²) in [7, 11) is -2.59. The van der Waals surface area contributed by atoms with Gasteiger partial charge in [-0.05, 0) is 61.9 Å². The Kier molecular flexibility index (Phi) is 6.41. The Morgan fingerprint density at radius 1 is 1.14 bits per heavy atom. The van der Waals surface area contributed by atoms with Gasteiger partial charge in [0.1, 0.15) is 4.90 Å². The van der Waals surface area contributed by atoms with Crippen molar-refractivity contribution in [1.82, 2.24) is 4.98 Å². The highest BCUT2D eigenvalue weighted by atomic mass is 35.5. The van der Waals surface area contributed by atoms with Gasteiger partial charge in [-0.3, -0.25) is 5.43 Å². The van der Waals surface area contributed by atoms with E-state index in [2.05, 4.69) is 15.5 Å². The number of anilines is 1. The molecule has 0 aliphatic carbocycles. The van der Waals surface area contributed by atoms with Crippen LogP contribution < -0.4 is 14.3 Å². The van der Waals surface area contributed by atoms with Gasteiger partial charge in [-0.15, -0.1) is 11.3 Å². The van der Waals surface area contributed by atoms with E-state index in [4.69, 9.17) is 20.5 Å². The maximum Gasteiger partial charge on any atom is 0.339 e. The van der Waals surface area contributed by atoms with E-state index in [9.17, 15) is 8.42 Å². The summed E-state index contributed by atoms with van der Waals surface area (Å²) < 4.78 is 35.4. The van der Waals surface area contributed by atoms with Gasteiger partial charge < -0.3 is 8.92 Å². The van der Waals surface area contributed by atoms with Crippen molar-refractivity contribution in [3.63, 3.8) is 0 Å². The lowest BCUT2D eigenvalue weighted by atomic mass is 10.2. The van der Waals surface area contributed by atoms with Crippen LogP contribution in [-0.4, -0.2) is 26.7 Å². The largest absolute Gasteiger partial charge is 0.493 e. The third kappa shape index (κ3) is 5.26. The molecule has 152 valence electrons. The van der Waals surface area contributed by atoms with Gasteiger partial charge in [0.25, 0.3) is 0 Å². The fraction of sp³-hybridized carbons (Fsp3) is 0.158. The average molecular weight is 452 g/mol. The maximum absolute atomic E-state index is 12.5. The molecule has 0 saturated heterocycles. The Hall–Kier alpha value is -2.62. The van der Waals surface area contributed by atoms with Crippen LogP contribution in [0.15, 0.2) is 52.5 Å². The summed E-state index contributed by atoms with van der Waals surface area (Å²) in [5.41, 5.74) is 4.52. The molecule has 0 amide bonds. The number of nitrogens with one attached hydrogen (secondary N) is 1. The highest BCUT2D eigenvalue weighted by Crippen LogP contribution is 2.30. The molecule has 0 saturated carbocycles. The van der Waals surface area contributed by atoms with Crippen LogP contribution in [0.4, 0.5) is 5.13 Å². The predicted molar refractivity (Wildman–Crippen MR) is 115 cm³/mol. The van der Waals surface area contributed by atoms with Gasteiger partial charge in [0.05, 0.1) is 19.0 Å². The number of hydrogen-bond acceptors (Lipinski definition) is 8. The van der Waals surface area contributed by atoms with Gasteiger partial charge in [0.2, 0.25) is 5.13 Å². The Labute approximate surface area is 178 Å². The zero-order valence-electron chi connectivity index (χ0n) is 15.8. The van der Waals surface area contributed by atoms with Crippen LogP contribution >= 0.6 is 22.9 Å². The van der Waals surface area contributed by atoms with Gasteiger partial charge in [-0.1, -0.05) is 11.6 Å². The predicted octanol–water partition coefficient (Wildman–Crippen LogP) is 4.64. The molecule has 3 aromatic rings. The van der Waals surface area contributed by atoms with Crippen LogP contribution in [0.1, 0.15) is 16.1 Å². The van der Waals surface area contributed by atoms with E-state index in [-0.39, 0.29) is 16.4 Å². The van der Waals surface area contributed by atoms with Crippen LogP contribution in [0.3, 0.4) is 0 Å². The normalized spacial score (nSPS) is 11.6. The topological polar surface area (TPSA) is 89.9 Å². The monoisotopic (exact) mass is 451 g/mol. The first-order valence-electron chi connectivity index (χ1n) is 8.39. The highest BCUT2D eigenvalue weighted by Gasteiger charge is 2.19. The number of aromatic nitrogens is 1. The van der Waals surface area contributed by atoms with Crippen molar-refractivity contribution in [1.29, 1.82) is 0 Å². The standard InChI is InChI=1S/C19H18ClN3O4S2/c1-12-13(2)28-19(22-12)23-21-11-14-4-9-17(18(10-14)26-3)27-29(24,25)16-7-5-15(20)6-8-16/h4-11H,1-3H3,(H,22,23)/b21-11-. The number of aryl methyl sites for hydroxylation is 2. The number of methoxy groups -OCH3 is 1. The smallest absolute Gasteiger partial charge is 0.339 e. The third-order valence-electron chi connectivity index (χ3n) is 3.89. The van der Waals surface area contributed by atoms with Gasteiger partial charge >= 0.3 is 10.1 Å². The lowest BCUT2D eigenvalue weighted by Gasteiger charge is -2.11. The molecular formula is C19H18ClN3O4S2. The number of benzene rings is 2.